The lowest BCUT2D eigenvalue weighted by Gasteiger charge is -2.08. The average Bonchev–Trinajstić information content (AvgIpc) is 2.29. The van der Waals surface area contributed by atoms with Crippen LogP contribution in [0.15, 0.2) is 59.5 Å². The summed E-state index contributed by atoms with van der Waals surface area (Å²) in [5.74, 6) is 0. The minimum Gasteiger partial charge on any atom is -0.182 e. The normalized spacial score (nSPS) is 11.5. The van der Waals surface area contributed by atoms with Crippen LogP contribution in [0.1, 0.15) is 0 Å². The van der Waals surface area contributed by atoms with Crippen LogP contribution in [0.25, 0.3) is 11.1 Å². The van der Waals surface area contributed by atoms with Gasteiger partial charge in [0.05, 0.1) is 0 Å². The summed E-state index contributed by atoms with van der Waals surface area (Å²) in [6, 6.07) is 16.9. The first-order chi connectivity index (χ1) is 8.04. The summed E-state index contributed by atoms with van der Waals surface area (Å²) >= 11 is 2.80. The average molecular weight is 315 g/mol. The molecule has 0 bridgehead atoms. The maximum Gasteiger partial charge on any atom is 0.353 e. The van der Waals surface area contributed by atoms with Crippen LogP contribution in [-0.4, -0.2) is 4.16 Å². The zero-order chi connectivity index (χ0) is 12.3. The monoisotopic (exact) mass is 314 g/mol. The number of benzene rings is 2. The molecule has 0 fully saturated rings. The van der Waals surface area contributed by atoms with Crippen molar-refractivity contribution in [2.24, 2.45) is 0 Å². The highest BCUT2D eigenvalue weighted by atomic mass is 79.9. The van der Waals surface area contributed by atoms with Crippen molar-refractivity contribution in [2.45, 2.75) is 9.06 Å². The van der Waals surface area contributed by atoms with Gasteiger partial charge in [0.25, 0.3) is 0 Å². The number of halogens is 3. The molecule has 0 atom stereocenters. The van der Waals surface area contributed by atoms with E-state index in [0.29, 0.717) is 16.7 Å². The molecule has 4 heteroatoms. The quantitative estimate of drug-likeness (QED) is 0.540. The SMILES string of the molecule is FC(F)(Br)Sc1ccc(-c2ccccc2)cc1. The van der Waals surface area contributed by atoms with E-state index in [4.69, 9.17) is 0 Å². The van der Waals surface area contributed by atoms with Crippen LogP contribution in [0.4, 0.5) is 8.78 Å². The maximum atomic E-state index is 12.7. The molecular weight excluding hydrogens is 306 g/mol. The standard InChI is InChI=1S/C13H9BrF2S/c14-13(15,16)17-12-8-6-11(7-9-12)10-4-2-1-3-5-10/h1-9H. The zero-order valence-electron chi connectivity index (χ0n) is 8.74. The van der Waals surface area contributed by atoms with Crippen LogP contribution in [-0.2, 0) is 0 Å². The van der Waals surface area contributed by atoms with E-state index in [1.54, 1.807) is 12.1 Å². The van der Waals surface area contributed by atoms with Crippen molar-refractivity contribution in [1.29, 1.82) is 0 Å². The molecule has 17 heavy (non-hydrogen) atoms. The lowest BCUT2D eigenvalue weighted by Crippen LogP contribution is -1.95. The number of alkyl halides is 3. The molecule has 0 spiro atoms. The van der Waals surface area contributed by atoms with E-state index in [2.05, 4.69) is 15.9 Å². The first-order valence-electron chi connectivity index (χ1n) is 4.96. The highest BCUT2D eigenvalue weighted by Crippen LogP contribution is 2.41. The highest BCUT2D eigenvalue weighted by molar-refractivity contribution is 9.11. The summed E-state index contributed by atoms with van der Waals surface area (Å²) in [4.78, 5) is 0.534. The van der Waals surface area contributed by atoms with E-state index in [1.807, 2.05) is 42.5 Å². The molecule has 0 aliphatic heterocycles. The number of rotatable bonds is 3. The topological polar surface area (TPSA) is 0 Å². The van der Waals surface area contributed by atoms with Crippen LogP contribution in [0.5, 0.6) is 0 Å². The van der Waals surface area contributed by atoms with E-state index in [0.717, 1.165) is 11.1 Å². The Kier molecular flexibility index (Phi) is 3.84. The molecule has 2 aromatic carbocycles. The second-order valence-corrected chi connectivity index (χ2v) is 6.15. The van der Waals surface area contributed by atoms with Crippen molar-refractivity contribution in [1.82, 2.24) is 0 Å². The molecule has 0 amide bonds. The first kappa shape index (κ1) is 12.6. The lowest BCUT2D eigenvalue weighted by molar-refractivity contribution is 0.221. The van der Waals surface area contributed by atoms with E-state index in [-0.39, 0.29) is 0 Å². The molecule has 0 aromatic heterocycles. The number of thioether (sulfide) groups is 1. The van der Waals surface area contributed by atoms with Gasteiger partial charge in [-0.25, -0.2) is 0 Å². The lowest BCUT2D eigenvalue weighted by atomic mass is 10.1. The minimum absolute atomic E-state index is 0.488. The smallest absolute Gasteiger partial charge is 0.182 e. The molecule has 2 rings (SSSR count). The van der Waals surface area contributed by atoms with Crippen molar-refractivity contribution < 1.29 is 8.78 Å². The molecule has 0 unspecified atom stereocenters. The summed E-state index contributed by atoms with van der Waals surface area (Å²) in [6.07, 6.45) is 0. The van der Waals surface area contributed by atoms with Crippen molar-refractivity contribution in [2.75, 3.05) is 0 Å². The summed E-state index contributed by atoms with van der Waals surface area (Å²) in [5.41, 5.74) is 2.10. The summed E-state index contributed by atoms with van der Waals surface area (Å²) < 4.78 is 22.5. The van der Waals surface area contributed by atoms with Gasteiger partial charge in [-0.15, -0.1) is 0 Å². The minimum atomic E-state index is -2.92. The van der Waals surface area contributed by atoms with Gasteiger partial charge in [0.2, 0.25) is 0 Å². The molecule has 88 valence electrons. The zero-order valence-corrected chi connectivity index (χ0v) is 11.1. The van der Waals surface area contributed by atoms with E-state index >= 15 is 0 Å². The molecule has 0 saturated carbocycles. The van der Waals surface area contributed by atoms with Crippen LogP contribution in [0.3, 0.4) is 0 Å². The summed E-state index contributed by atoms with van der Waals surface area (Å²) in [6.45, 7) is 0. The molecule has 0 aliphatic carbocycles. The van der Waals surface area contributed by atoms with Gasteiger partial charge < -0.3 is 0 Å². The third-order valence-corrected chi connectivity index (χ3v) is 3.42. The molecule has 0 saturated heterocycles. The second kappa shape index (κ2) is 5.19. The van der Waals surface area contributed by atoms with Crippen molar-refractivity contribution in [3.8, 4) is 11.1 Å². The Bertz CT molecular complexity index is 477. The third kappa shape index (κ3) is 3.82. The van der Waals surface area contributed by atoms with Crippen molar-refractivity contribution in [3.63, 3.8) is 0 Å². The van der Waals surface area contributed by atoms with Crippen molar-refractivity contribution in [3.05, 3.63) is 54.6 Å². The fourth-order valence-electron chi connectivity index (χ4n) is 1.48. The van der Waals surface area contributed by atoms with Crippen LogP contribution >= 0.6 is 27.7 Å². The maximum absolute atomic E-state index is 12.7. The second-order valence-electron chi connectivity index (χ2n) is 3.44. The van der Waals surface area contributed by atoms with Crippen molar-refractivity contribution >= 4 is 27.7 Å². The fraction of sp³-hybridized carbons (Fsp3) is 0.0769. The molecule has 0 nitrogen and oxygen atoms in total. The third-order valence-electron chi connectivity index (χ3n) is 2.20. The summed E-state index contributed by atoms with van der Waals surface area (Å²) in [5, 5.41) is 0. The first-order valence-corrected chi connectivity index (χ1v) is 6.57. The Labute approximate surface area is 111 Å². The van der Waals surface area contributed by atoms with Gasteiger partial charge in [0.1, 0.15) is 0 Å². The fourth-order valence-corrected chi connectivity index (χ4v) is 2.58. The van der Waals surface area contributed by atoms with E-state index in [1.165, 1.54) is 0 Å². The van der Waals surface area contributed by atoms with Gasteiger partial charge in [-0.1, -0.05) is 42.5 Å². The van der Waals surface area contributed by atoms with E-state index < -0.39 is 4.16 Å². The predicted octanol–water partition coefficient (Wildman–Crippen LogP) is 5.39. The molecule has 0 aliphatic rings. The molecule has 0 N–H and O–H groups in total. The van der Waals surface area contributed by atoms with Gasteiger partial charge in [0, 0.05) is 20.8 Å². The van der Waals surface area contributed by atoms with E-state index in [9.17, 15) is 8.78 Å². The van der Waals surface area contributed by atoms with Gasteiger partial charge in [0.15, 0.2) is 0 Å². The number of hydrogen-bond donors (Lipinski definition) is 0. The number of hydrogen-bond acceptors (Lipinski definition) is 1. The Hall–Kier alpha value is -0.870. The van der Waals surface area contributed by atoms with Crippen LogP contribution < -0.4 is 0 Å². The predicted molar refractivity (Wildman–Crippen MR) is 71.6 cm³/mol. The Morgan fingerprint density at radius 2 is 1.35 bits per heavy atom. The molecule has 2 aromatic rings. The highest BCUT2D eigenvalue weighted by Gasteiger charge is 2.25. The van der Waals surface area contributed by atoms with Crippen LogP contribution in [0, 0.1) is 0 Å². The van der Waals surface area contributed by atoms with Gasteiger partial charge in [-0.3, -0.25) is 0 Å². The molecule has 0 radical (unpaired) electrons. The van der Waals surface area contributed by atoms with Gasteiger partial charge >= 0.3 is 4.16 Å². The Balaban J connectivity index is 2.19. The largest absolute Gasteiger partial charge is 0.353 e. The molecular formula is C13H9BrF2S. The van der Waals surface area contributed by atoms with Gasteiger partial charge in [-0.05, 0) is 35.0 Å². The summed E-state index contributed by atoms with van der Waals surface area (Å²) in [7, 11) is 0. The Morgan fingerprint density at radius 1 is 0.824 bits per heavy atom. The molecule has 0 heterocycles. The Morgan fingerprint density at radius 3 is 1.88 bits per heavy atom. The van der Waals surface area contributed by atoms with Gasteiger partial charge in [-0.2, -0.15) is 8.78 Å². The van der Waals surface area contributed by atoms with Crippen LogP contribution in [0.2, 0.25) is 0 Å².